The maximum absolute atomic E-state index is 13.5. The normalized spacial score (nSPS) is 15.5. The van der Waals surface area contributed by atoms with E-state index in [2.05, 4.69) is 27.7 Å². The van der Waals surface area contributed by atoms with Crippen LogP contribution in [0.1, 0.15) is 56.2 Å². The number of fused-ring (bicyclic) bond motifs is 3. The monoisotopic (exact) mass is 642 g/mol. The number of hydrogen-bond acceptors (Lipinski definition) is 8. The summed E-state index contributed by atoms with van der Waals surface area (Å²) in [6.07, 6.45) is 4.29. The zero-order chi connectivity index (χ0) is 33.3. The van der Waals surface area contributed by atoms with Crippen molar-refractivity contribution in [1.82, 2.24) is 10.2 Å². The van der Waals surface area contributed by atoms with Crippen molar-refractivity contribution in [3.8, 4) is 28.4 Å². The van der Waals surface area contributed by atoms with Crippen LogP contribution >= 0.6 is 0 Å². The van der Waals surface area contributed by atoms with Crippen LogP contribution in [0.5, 0.6) is 17.2 Å². The predicted octanol–water partition coefficient (Wildman–Crippen LogP) is 5.18. The van der Waals surface area contributed by atoms with Gasteiger partial charge >= 0.3 is 0 Å². The van der Waals surface area contributed by atoms with Crippen molar-refractivity contribution in [3.05, 3.63) is 75.9 Å². The quantitative estimate of drug-likeness (QED) is 0.260. The summed E-state index contributed by atoms with van der Waals surface area (Å²) in [4.78, 5) is 42.8. The molecule has 1 aliphatic heterocycles. The molecule has 3 aromatic rings. The average molecular weight is 643 g/mol. The number of benzene rings is 2. The molecular weight excluding hydrogens is 596 g/mol. The fourth-order valence-electron chi connectivity index (χ4n) is 6.67. The number of rotatable bonds is 12. The molecule has 10 nitrogen and oxygen atoms in total. The largest absolute Gasteiger partial charge is 0.493 e. The Balaban J connectivity index is 1.23. The Morgan fingerprint density at radius 1 is 0.872 bits per heavy atom. The minimum atomic E-state index is -0.358. The molecule has 3 aromatic carbocycles. The second-order valence-corrected chi connectivity index (χ2v) is 12.0. The van der Waals surface area contributed by atoms with Gasteiger partial charge in [0, 0.05) is 57.3 Å². The molecule has 10 heteroatoms. The summed E-state index contributed by atoms with van der Waals surface area (Å²) in [5, 5.41) is 6.36. The first-order chi connectivity index (χ1) is 22.8. The van der Waals surface area contributed by atoms with Gasteiger partial charge in [-0.25, -0.2) is 0 Å². The Labute approximate surface area is 277 Å². The molecule has 0 aromatic heterocycles. The Kier molecular flexibility index (Phi) is 11.2. The highest BCUT2D eigenvalue weighted by molar-refractivity contribution is 5.84. The number of carbonyl (C=O) groups is 2. The van der Waals surface area contributed by atoms with Gasteiger partial charge in [-0.1, -0.05) is 30.7 Å². The third-order valence-corrected chi connectivity index (χ3v) is 9.05. The molecule has 1 unspecified atom stereocenters. The number of amides is 2. The summed E-state index contributed by atoms with van der Waals surface area (Å²) < 4.78 is 17.1. The highest BCUT2D eigenvalue weighted by atomic mass is 16.5. The smallest absolute Gasteiger partial charge is 0.222 e. The molecule has 2 amide bonds. The van der Waals surface area contributed by atoms with Gasteiger partial charge in [0.15, 0.2) is 11.5 Å². The summed E-state index contributed by atoms with van der Waals surface area (Å²) in [5.41, 5.74) is 4.85. The minimum Gasteiger partial charge on any atom is -0.493 e. The van der Waals surface area contributed by atoms with E-state index < -0.39 is 0 Å². The van der Waals surface area contributed by atoms with Gasteiger partial charge < -0.3 is 34.6 Å². The predicted molar refractivity (Wildman–Crippen MR) is 185 cm³/mol. The Morgan fingerprint density at radius 3 is 2.30 bits per heavy atom. The molecule has 0 spiro atoms. The Morgan fingerprint density at radius 2 is 1.62 bits per heavy atom. The molecule has 0 saturated carbocycles. The van der Waals surface area contributed by atoms with Crippen molar-refractivity contribution in [1.29, 1.82) is 0 Å². The maximum Gasteiger partial charge on any atom is 0.222 e. The molecule has 1 saturated heterocycles. The molecular formula is C37H46N4O6. The topological polar surface area (TPSA) is 109 Å². The van der Waals surface area contributed by atoms with E-state index in [9.17, 15) is 14.4 Å². The van der Waals surface area contributed by atoms with Gasteiger partial charge in [0.1, 0.15) is 0 Å². The number of nitrogens with zero attached hydrogens (tertiary/aromatic N) is 2. The van der Waals surface area contributed by atoms with Gasteiger partial charge in [0.05, 0.1) is 33.1 Å². The number of carbonyl (C=O) groups excluding carboxylic acids is 2. The standard InChI is InChI=1S/C37H46N4O6/c1-25(42)39-30-16-14-26-23-33(45-2)36(46-3)37(47-4)35(26)28-15-17-31(32(43)24-29(28)30)38-18-10-6-9-13-34(44)41-21-19-40(20-22-41)27-11-7-5-8-12-27/h5,7-8,11-12,15,17,23-24,30H,6,9-10,13-14,16,18-22H2,1-4H3,(H,38,43)(H,39,42). The number of nitrogens with one attached hydrogen (secondary N) is 2. The molecule has 1 aliphatic carbocycles. The fourth-order valence-corrected chi connectivity index (χ4v) is 6.67. The molecule has 2 N–H and O–H groups in total. The number of hydrogen-bond donors (Lipinski definition) is 2. The highest BCUT2D eigenvalue weighted by Crippen LogP contribution is 2.50. The number of methoxy groups -OCH3 is 3. The van der Waals surface area contributed by atoms with Gasteiger partial charge in [0.2, 0.25) is 23.0 Å². The molecule has 250 valence electrons. The van der Waals surface area contributed by atoms with Gasteiger partial charge in [0.25, 0.3) is 0 Å². The Hall–Kier alpha value is -4.73. The van der Waals surface area contributed by atoms with Gasteiger partial charge in [-0.05, 0) is 72.7 Å². The first kappa shape index (κ1) is 33.6. The van der Waals surface area contributed by atoms with E-state index in [-0.39, 0.29) is 23.3 Å². The molecule has 1 heterocycles. The van der Waals surface area contributed by atoms with E-state index in [0.717, 1.165) is 67.7 Å². The van der Waals surface area contributed by atoms with Crippen molar-refractivity contribution >= 4 is 23.2 Å². The van der Waals surface area contributed by atoms with Crippen molar-refractivity contribution in [3.63, 3.8) is 0 Å². The van der Waals surface area contributed by atoms with Crippen LogP contribution < -0.4 is 35.2 Å². The first-order valence-electron chi connectivity index (χ1n) is 16.4. The summed E-state index contributed by atoms with van der Waals surface area (Å²) in [6.45, 7) is 5.28. The van der Waals surface area contributed by atoms with E-state index in [1.165, 1.54) is 12.6 Å². The molecule has 0 bridgehead atoms. The molecule has 0 radical (unpaired) electrons. The van der Waals surface area contributed by atoms with E-state index in [0.29, 0.717) is 48.7 Å². The Bertz CT molecular complexity index is 1620. The number of anilines is 2. The summed E-state index contributed by atoms with van der Waals surface area (Å²) in [7, 11) is 4.74. The molecule has 47 heavy (non-hydrogen) atoms. The maximum atomic E-state index is 13.5. The van der Waals surface area contributed by atoms with Crippen LogP contribution in [0, 0.1) is 0 Å². The second-order valence-electron chi connectivity index (χ2n) is 12.0. The molecule has 1 fully saturated rings. The average Bonchev–Trinajstić information content (AvgIpc) is 3.33. The summed E-state index contributed by atoms with van der Waals surface area (Å²) >= 11 is 0. The van der Waals surface area contributed by atoms with Crippen LogP contribution in [0.4, 0.5) is 11.4 Å². The van der Waals surface area contributed by atoms with Crippen molar-refractivity contribution < 1.29 is 23.8 Å². The first-order valence-corrected chi connectivity index (χ1v) is 16.4. The van der Waals surface area contributed by atoms with E-state index >= 15 is 0 Å². The lowest BCUT2D eigenvalue weighted by Crippen LogP contribution is -2.48. The summed E-state index contributed by atoms with van der Waals surface area (Å²) in [5.74, 6) is 1.59. The molecule has 2 aliphatic rings. The zero-order valence-corrected chi connectivity index (χ0v) is 27.9. The minimum absolute atomic E-state index is 0.158. The zero-order valence-electron chi connectivity index (χ0n) is 27.9. The fraction of sp³-hybridized carbons (Fsp3) is 0.432. The van der Waals surface area contributed by atoms with E-state index in [1.54, 1.807) is 33.5 Å². The van der Waals surface area contributed by atoms with Crippen LogP contribution in [0.25, 0.3) is 11.1 Å². The number of ether oxygens (including phenoxy) is 3. The van der Waals surface area contributed by atoms with E-state index in [4.69, 9.17) is 14.2 Å². The SMILES string of the molecule is COc1cc2c(c(OC)c1OC)-c1ccc(NCCCCCC(=O)N3CCN(c4ccccc4)CC3)c(=O)cc1C(NC(C)=O)CC2. The molecule has 5 rings (SSSR count). The number of aryl methyl sites for hydroxylation is 1. The lowest BCUT2D eigenvalue weighted by molar-refractivity contribution is -0.131. The highest BCUT2D eigenvalue weighted by Gasteiger charge is 2.29. The summed E-state index contributed by atoms with van der Waals surface area (Å²) in [6, 6.07) is 17.3. The number of para-hydroxylation sites is 1. The van der Waals surface area contributed by atoms with Crippen molar-refractivity contribution in [2.75, 3.05) is 64.3 Å². The number of piperazine rings is 1. The lowest BCUT2D eigenvalue weighted by Gasteiger charge is -2.36. The van der Waals surface area contributed by atoms with Crippen LogP contribution in [-0.2, 0) is 16.0 Å². The van der Waals surface area contributed by atoms with Crippen LogP contribution in [0.2, 0.25) is 0 Å². The van der Waals surface area contributed by atoms with Crippen LogP contribution in [-0.4, -0.2) is 70.8 Å². The second kappa shape index (κ2) is 15.7. The van der Waals surface area contributed by atoms with Crippen molar-refractivity contribution in [2.45, 2.75) is 51.5 Å². The van der Waals surface area contributed by atoms with Crippen LogP contribution in [0.15, 0.2) is 59.4 Å². The lowest BCUT2D eigenvalue weighted by atomic mass is 9.95. The van der Waals surface area contributed by atoms with E-state index in [1.807, 2.05) is 35.2 Å². The third kappa shape index (κ3) is 7.81. The van der Waals surface area contributed by atoms with Crippen LogP contribution in [0.3, 0.4) is 0 Å². The van der Waals surface area contributed by atoms with Gasteiger partial charge in [-0.3, -0.25) is 14.4 Å². The van der Waals surface area contributed by atoms with Gasteiger partial charge in [-0.15, -0.1) is 0 Å². The number of unbranched alkanes of at least 4 members (excludes halogenated alkanes) is 2. The van der Waals surface area contributed by atoms with Gasteiger partial charge in [-0.2, -0.15) is 0 Å². The van der Waals surface area contributed by atoms with Crippen molar-refractivity contribution in [2.24, 2.45) is 0 Å². The third-order valence-electron chi connectivity index (χ3n) is 9.05. The molecule has 1 atom stereocenters.